The molecule has 1 fully saturated rings. The molecule has 0 atom stereocenters. The standard InChI is InChI=1S/C16H25N3O/c1-18(2)14-8-11-19(12-9-14)16(20)15-6-4-3-5-13(15)7-10-17/h3-6,14H,7-12,17H2,1-2H3. The van der Waals surface area contributed by atoms with Gasteiger partial charge in [0.15, 0.2) is 0 Å². The molecule has 0 aromatic heterocycles. The summed E-state index contributed by atoms with van der Waals surface area (Å²) in [5.41, 5.74) is 7.51. The first-order chi connectivity index (χ1) is 9.63. The summed E-state index contributed by atoms with van der Waals surface area (Å²) >= 11 is 0. The second-order valence-corrected chi connectivity index (χ2v) is 5.68. The van der Waals surface area contributed by atoms with E-state index in [0.717, 1.165) is 43.5 Å². The Kier molecular flexibility index (Phi) is 5.15. The van der Waals surface area contributed by atoms with Crippen molar-refractivity contribution >= 4 is 5.91 Å². The number of hydrogen-bond donors (Lipinski definition) is 1. The number of hydrogen-bond acceptors (Lipinski definition) is 3. The predicted molar refractivity (Wildman–Crippen MR) is 81.8 cm³/mol. The maximum absolute atomic E-state index is 12.6. The maximum atomic E-state index is 12.6. The average Bonchev–Trinajstić information content (AvgIpc) is 2.47. The molecule has 0 radical (unpaired) electrons. The van der Waals surface area contributed by atoms with Crippen LogP contribution in [0.4, 0.5) is 0 Å². The van der Waals surface area contributed by atoms with Crippen molar-refractivity contribution in [2.75, 3.05) is 33.7 Å². The Hall–Kier alpha value is -1.39. The lowest BCUT2D eigenvalue weighted by atomic mass is 10.00. The summed E-state index contributed by atoms with van der Waals surface area (Å²) in [5.74, 6) is 0.159. The van der Waals surface area contributed by atoms with Crippen molar-refractivity contribution in [3.05, 3.63) is 35.4 Å². The van der Waals surface area contributed by atoms with E-state index in [1.165, 1.54) is 0 Å². The van der Waals surface area contributed by atoms with Gasteiger partial charge in [-0.1, -0.05) is 18.2 Å². The van der Waals surface area contributed by atoms with Crippen molar-refractivity contribution in [3.63, 3.8) is 0 Å². The molecule has 4 nitrogen and oxygen atoms in total. The van der Waals surface area contributed by atoms with Gasteiger partial charge in [-0.05, 0) is 51.5 Å². The zero-order valence-electron chi connectivity index (χ0n) is 12.5. The minimum atomic E-state index is 0.159. The van der Waals surface area contributed by atoms with E-state index in [1.807, 2.05) is 29.2 Å². The van der Waals surface area contributed by atoms with E-state index in [2.05, 4.69) is 19.0 Å². The number of likely N-dealkylation sites (tertiary alicyclic amines) is 1. The van der Waals surface area contributed by atoms with E-state index in [9.17, 15) is 4.79 Å². The largest absolute Gasteiger partial charge is 0.339 e. The second-order valence-electron chi connectivity index (χ2n) is 5.68. The number of amides is 1. The highest BCUT2D eigenvalue weighted by molar-refractivity contribution is 5.95. The molecule has 1 aliphatic heterocycles. The SMILES string of the molecule is CN(C)C1CCN(C(=O)c2ccccc2CCN)CC1. The van der Waals surface area contributed by atoms with Gasteiger partial charge in [0.2, 0.25) is 0 Å². The first kappa shape index (κ1) is 15.0. The fraction of sp³-hybridized carbons (Fsp3) is 0.562. The molecule has 1 aromatic carbocycles. The smallest absolute Gasteiger partial charge is 0.254 e. The lowest BCUT2D eigenvalue weighted by Gasteiger charge is -2.35. The maximum Gasteiger partial charge on any atom is 0.254 e. The highest BCUT2D eigenvalue weighted by atomic mass is 16.2. The van der Waals surface area contributed by atoms with E-state index in [-0.39, 0.29) is 5.91 Å². The molecule has 1 aliphatic rings. The van der Waals surface area contributed by atoms with Gasteiger partial charge in [0.05, 0.1) is 0 Å². The summed E-state index contributed by atoms with van der Waals surface area (Å²) in [6, 6.07) is 8.43. The molecular formula is C16H25N3O. The van der Waals surface area contributed by atoms with Crippen molar-refractivity contribution in [2.45, 2.75) is 25.3 Å². The lowest BCUT2D eigenvalue weighted by molar-refractivity contribution is 0.0662. The number of piperidine rings is 1. The van der Waals surface area contributed by atoms with Crippen LogP contribution >= 0.6 is 0 Å². The Morgan fingerprint density at radius 3 is 2.55 bits per heavy atom. The number of benzene rings is 1. The van der Waals surface area contributed by atoms with Crippen LogP contribution in [0.25, 0.3) is 0 Å². The molecule has 0 unspecified atom stereocenters. The van der Waals surface area contributed by atoms with Crippen LogP contribution < -0.4 is 5.73 Å². The van der Waals surface area contributed by atoms with Gasteiger partial charge in [-0.15, -0.1) is 0 Å². The van der Waals surface area contributed by atoms with Gasteiger partial charge in [-0.2, -0.15) is 0 Å². The third-order valence-corrected chi connectivity index (χ3v) is 4.14. The molecule has 1 heterocycles. The van der Waals surface area contributed by atoms with Gasteiger partial charge >= 0.3 is 0 Å². The van der Waals surface area contributed by atoms with Crippen LogP contribution in [0.3, 0.4) is 0 Å². The predicted octanol–water partition coefficient (Wildman–Crippen LogP) is 1.35. The van der Waals surface area contributed by atoms with Crippen molar-refractivity contribution in [2.24, 2.45) is 5.73 Å². The molecule has 110 valence electrons. The molecule has 0 bridgehead atoms. The number of rotatable bonds is 4. The molecule has 20 heavy (non-hydrogen) atoms. The Bertz CT molecular complexity index is 451. The summed E-state index contributed by atoms with van der Waals surface area (Å²) in [7, 11) is 4.22. The first-order valence-electron chi connectivity index (χ1n) is 7.37. The van der Waals surface area contributed by atoms with E-state index >= 15 is 0 Å². The van der Waals surface area contributed by atoms with Crippen LogP contribution in [-0.4, -0.2) is 55.5 Å². The molecule has 1 aromatic rings. The van der Waals surface area contributed by atoms with Crippen LogP contribution in [0.2, 0.25) is 0 Å². The Labute approximate surface area is 121 Å². The lowest BCUT2D eigenvalue weighted by Crippen LogP contribution is -2.44. The molecule has 2 N–H and O–H groups in total. The molecule has 1 amide bonds. The molecule has 0 saturated carbocycles. The highest BCUT2D eigenvalue weighted by Gasteiger charge is 2.25. The third kappa shape index (κ3) is 3.38. The van der Waals surface area contributed by atoms with Crippen molar-refractivity contribution in [3.8, 4) is 0 Å². The van der Waals surface area contributed by atoms with E-state index in [4.69, 9.17) is 5.73 Å². The number of carbonyl (C=O) groups is 1. The zero-order chi connectivity index (χ0) is 14.5. The fourth-order valence-corrected chi connectivity index (χ4v) is 2.86. The molecule has 1 saturated heterocycles. The zero-order valence-corrected chi connectivity index (χ0v) is 12.5. The van der Waals surface area contributed by atoms with Crippen molar-refractivity contribution in [1.82, 2.24) is 9.80 Å². The van der Waals surface area contributed by atoms with Crippen LogP contribution in [0.15, 0.2) is 24.3 Å². The summed E-state index contributed by atoms with van der Waals surface area (Å²) in [6.45, 7) is 2.27. The van der Waals surface area contributed by atoms with E-state index in [0.29, 0.717) is 12.6 Å². The number of nitrogens with two attached hydrogens (primary N) is 1. The Balaban J connectivity index is 2.05. The Morgan fingerprint density at radius 1 is 1.30 bits per heavy atom. The van der Waals surface area contributed by atoms with Crippen LogP contribution in [0, 0.1) is 0 Å². The van der Waals surface area contributed by atoms with Crippen LogP contribution in [-0.2, 0) is 6.42 Å². The quantitative estimate of drug-likeness (QED) is 0.902. The summed E-state index contributed by atoms with van der Waals surface area (Å²) in [6.07, 6.45) is 2.87. The minimum absolute atomic E-state index is 0.159. The van der Waals surface area contributed by atoms with Gasteiger partial charge in [0, 0.05) is 24.7 Å². The summed E-state index contributed by atoms with van der Waals surface area (Å²) in [4.78, 5) is 16.9. The monoisotopic (exact) mass is 275 g/mol. The molecule has 0 spiro atoms. The number of carbonyl (C=O) groups excluding carboxylic acids is 1. The first-order valence-corrected chi connectivity index (χ1v) is 7.37. The number of nitrogens with zero attached hydrogens (tertiary/aromatic N) is 2. The van der Waals surface area contributed by atoms with Gasteiger partial charge in [-0.3, -0.25) is 4.79 Å². The fourth-order valence-electron chi connectivity index (χ4n) is 2.86. The van der Waals surface area contributed by atoms with Crippen LogP contribution in [0.1, 0.15) is 28.8 Å². The van der Waals surface area contributed by atoms with Gasteiger partial charge in [-0.25, -0.2) is 0 Å². The van der Waals surface area contributed by atoms with E-state index < -0.39 is 0 Å². The van der Waals surface area contributed by atoms with Gasteiger partial charge in [0.25, 0.3) is 5.91 Å². The Morgan fingerprint density at radius 2 is 1.95 bits per heavy atom. The summed E-state index contributed by atoms with van der Waals surface area (Å²) in [5, 5.41) is 0. The second kappa shape index (κ2) is 6.86. The highest BCUT2D eigenvalue weighted by Crippen LogP contribution is 2.18. The molecule has 0 aliphatic carbocycles. The van der Waals surface area contributed by atoms with Crippen molar-refractivity contribution in [1.29, 1.82) is 0 Å². The van der Waals surface area contributed by atoms with Crippen LogP contribution in [0.5, 0.6) is 0 Å². The minimum Gasteiger partial charge on any atom is -0.339 e. The molecule has 2 rings (SSSR count). The third-order valence-electron chi connectivity index (χ3n) is 4.14. The van der Waals surface area contributed by atoms with Crippen molar-refractivity contribution < 1.29 is 4.79 Å². The molecular weight excluding hydrogens is 250 g/mol. The van der Waals surface area contributed by atoms with Gasteiger partial charge in [0.1, 0.15) is 0 Å². The van der Waals surface area contributed by atoms with E-state index in [1.54, 1.807) is 0 Å². The normalized spacial score (nSPS) is 16.7. The van der Waals surface area contributed by atoms with Gasteiger partial charge < -0.3 is 15.5 Å². The summed E-state index contributed by atoms with van der Waals surface area (Å²) < 4.78 is 0. The topological polar surface area (TPSA) is 49.6 Å². The average molecular weight is 275 g/mol. The molecule has 4 heteroatoms.